The summed E-state index contributed by atoms with van der Waals surface area (Å²) in [6.07, 6.45) is 6.29. The molecule has 4 nitrogen and oxygen atoms in total. The van der Waals surface area contributed by atoms with Crippen LogP contribution in [-0.2, 0) is 0 Å². The number of nitrogens with two attached hydrogens (primary N) is 1. The zero-order valence-corrected chi connectivity index (χ0v) is 8.95. The van der Waals surface area contributed by atoms with Gasteiger partial charge >= 0.3 is 0 Å². The van der Waals surface area contributed by atoms with Crippen LogP contribution in [0.15, 0.2) is 12.3 Å². The van der Waals surface area contributed by atoms with Crippen LogP contribution in [0.3, 0.4) is 0 Å². The van der Waals surface area contributed by atoms with E-state index in [0.29, 0.717) is 6.54 Å². The first kappa shape index (κ1) is 10.6. The number of H-pyrrole nitrogens is 1. The fraction of sp³-hybridized carbons (Fsp3) is 0.727. The van der Waals surface area contributed by atoms with Crippen molar-refractivity contribution < 1.29 is 5.11 Å². The van der Waals surface area contributed by atoms with Gasteiger partial charge in [-0.25, -0.2) is 0 Å². The van der Waals surface area contributed by atoms with Crippen LogP contribution in [-0.4, -0.2) is 28.5 Å². The van der Waals surface area contributed by atoms with Gasteiger partial charge < -0.3 is 10.8 Å². The Bertz CT molecular complexity index is 291. The van der Waals surface area contributed by atoms with Crippen molar-refractivity contribution in [2.45, 2.75) is 31.6 Å². The maximum atomic E-state index is 9.63. The molecule has 0 amide bonds. The van der Waals surface area contributed by atoms with Gasteiger partial charge in [0.25, 0.3) is 0 Å². The van der Waals surface area contributed by atoms with E-state index in [4.69, 9.17) is 5.73 Å². The number of hydrogen-bond donors (Lipinski definition) is 3. The molecule has 1 saturated carbocycles. The minimum absolute atomic E-state index is 0.0126. The molecule has 0 aromatic carbocycles. The number of aliphatic hydroxyl groups excluding tert-OH is 1. The number of aromatic nitrogens is 2. The van der Waals surface area contributed by atoms with Crippen molar-refractivity contribution in [3.63, 3.8) is 0 Å². The largest absolute Gasteiger partial charge is 0.396 e. The molecule has 84 valence electrons. The minimum atomic E-state index is -0.0126. The number of rotatable bonds is 4. The summed E-state index contributed by atoms with van der Waals surface area (Å²) in [6.45, 7) is 0.802. The summed E-state index contributed by atoms with van der Waals surface area (Å²) < 4.78 is 0. The summed E-state index contributed by atoms with van der Waals surface area (Å²) in [5, 5.41) is 16.6. The first-order valence-electron chi connectivity index (χ1n) is 5.62. The maximum absolute atomic E-state index is 9.63. The molecule has 1 aromatic heterocycles. The van der Waals surface area contributed by atoms with Crippen LogP contribution in [0.2, 0.25) is 0 Å². The second-order valence-corrected chi connectivity index (χ2v) is 4.53. The Morgan fingerprint density at radius 2 is 2.27 bits per heavy atom. The average molecular weight is 209 g/mol. The summed E-state index contributed by atoms with van der Waals surface area (Å²) in [5.41, 5.74) is 6.90. The highest BCUT2D eigenvalue weighted by atomic mass is 16.3. The van der Waals surface area contributed by atoms with Gasteiger partial charge in [0.1, 0.15) is 0 Å². The molecule has 4 N–H and O–H groups in total. The van der Waals surface area contributed by atoms with Crippen LogP contribution in [0.1, 0.15) is 37.3 Å². The molecule has 1 aliphatic carbocycles. The van der Waals surface area contributed by atoms with Gasteiger partial charge in [-0.15, -0.1) is 0 Å². The smallest absolute Gasteiger partial charge is 0.0494 e. The topological polar surface area (TPSA) is 74.9 Å². The van der Waals surface area contributed by atoms with E-state index in [1.54, 1.807) is 6.20 Å². The predicted molar refractivity (Wildman–Crippen MR) is 58.4 cm³/mol. The molecule has 2 rings (SSSR count). The molecule has 0 spiro atoms. The lowest BCUT2D eigenvalue weighted by Gasteiger charge is -2.34. The third kappa shape index (κ3) is 1.79. The fourth-order valence-electron chi connectivity index (χ4n) is 2.86. The lowest BCUT2D eigenvalue weighted by atomic mass is 9.73. The van der Waals surface area contributed by atoms with Gasteiger partial charge in [0.15, 0.2) is 0 Å². The molecule has 1 fully saturated rings. The molecule has 1 heterocycles. The average Bonchev–Trinajstić information content (AvgIpc) is 2.90. The second-order valence-electron chi connectivity index (χ2n) is 4.53. The van der Waals surface area contributed by atoms with Gasteiger partial charge in [-0.05, 0) is 18.9 Å². The van der Waals surface area contributed by atoms with Crippen molar-refractivity contribution >= 4 is 0 Å². The van der Waals surface area contributed by atoms with Crippen molar-refractivity contribution in [1.82, 2.24) is 10.2 Å². The van der Waals surface area contributed by atoms with Crippen LogP contribution in [0, 0.1) is 5.41 Å². The van der Waals surface area contributed by atoms with Gasteiger partial charge in [-0.3, -0.25) is 5.10 Å². The van der Waals surface area contributed by atoms with Gasteiger partial charge in [0, 0.05) is 36.4 Å². The van der Waals surface area contributed by atoms with E-state index < -0.39 is 0 Å². The standard InChI is InChI=1S/C11H19N3O/c12-7-9(10-3-6-13-14-10)11(8-15)4-1-2-5-11/h3,6,9,15H,1-2,4-5,7-8,12H2,(H,13,14). The van der Waals surface area contributed by atoms with E-state index >= 15 is 0 Å². The highest BCUT2D eigenvalue weighted by Crippen LogP contribution is 2.47. The molecular formula is C11H19N3O. The molecule has 4 heteroatoms. The number of nitrogens with one attached hydrogen (secondary N) is 1. The van der Waals surface area contributed by atoms with E-state index in [9.17, 15) is 5.11 Å². The van der Waals surface area contributed by atoms with Gasteiger partial charge in [-0.2, -0.15) is 5.10 Å². The first-order chi connectivity index (χ1) is 7.32. The van der Waals surface area contributed by atoms with E-state index in [2.05, 4.69) is 10.2 Å². The van der Waals surface area contributed by atoms with Gasteiger partial charge in [0.05, 0.1) is 0 Å². The Balaban J connectivity index is 2.24. The highest BCUT2D eigenvalue weighted by molar-refractivity contribution is 5.13. The van der Waals surface area contributed by atoms with Gasteiger partial charge in [0.2, 0.25) is 0 Å². The van der Waals surface area contributed by atoms with Crippen molar-refractivity contribution in [3.8, 4) is 0 Å². The normalized spacial score (nSPS) is 21.7. The summed E-state index contributed by atoms with van der Waals surface area (Å²) in [7, 11) is 0. The summed E-state index contributed by atoms with van der Waals surface area (Å²) in [6, 6.07) is 1.97. The Hall–Kier alpha value is -0.870. The van der Waals surface area contributed by atoms with Crippen molar-refractivity contribution in [2.75, 3.05) is 13.2 Å². The Morgan fingerprint density at radius 1 is 1.53 bits per heavy atom. The summed E-state index contributed by atoms with van der Waals surface area (Å²) in [5.74, 6) is 0.215. The molecule has 0 radical (unpaired) electrons. The van der Waals surface area contributed by atoms with Crippen LogP contribution in [0.25, 0.3) is 0 Å². The van der Waals surface area contributed by atoms with Crippen LogP contribution < -0.4 is 5.73 Å². The van der Waals surface area contributed by atoms with E-state index in [0.717, 1.165) is 18.5 Å². The number of aromatic amines is 1. The van der Waals surface area contributed by atoms with E-state index in [1.807, 2.05) is 6.07 Å². The molecule has 1 unspecified atom stereocenters. The number of hydrogen-bond acceptors (Lipinski definition) is 3. The zero-order chi connectivity index (χ0) is 10.7. The van der Waals surface area contributed by atoms with E-state index in [-0.39, 0.29) is 17.9 Å². The lowest BCUT2D eigenvalue weighted by molar-refractivity contribution is 0.101. The Kier molecular flexibility index (Phi) is 3.07. The third-order valence-electron chi connectivity index (χ3n) is 3.79. The second kappa shape index (κ2) is 4.33. The fourth-order valence-corrected chi connectivity index (χ4v) is 2.86. The molecule has 0 bridgehead atoms. The Morgan fingerprint density at radius 3 is 2.73 bits per heavy atom. The molecular weight excluding hydrogens is 190 g/mol. The quantitative estimate of drug-likeness (QED) is 0.692. The number of nitrogens with zero attached hydrogens (tertiary/aromatic N) is 1. The van der Waals surface area contributed by atoms with Crippen molar-refractivity contribution in [3.05, 3.63) is 18.0 Å². The minimum Gasteiger partial charge on any atom is -0.396 e. The zero-order valence-electron chi connectivity index (χ0n) is 8.95. The molecule has 0 saturated heterocycles. The third-order valence-corrected chi connectivity index (χ3v) is 3.79. The van der Waals surface area contributed by atoms with Crippen LogP contribution in [0.5, 0.6) is 0 Å². The summed E-state index contributed by atoms with van der Waals surface area (Å²) >= 11 is 0. The molecule has 0 aliphatic heterocycles. The van der Waals surface area contributed by atoms with Crippen LogP contribution in [0.4, 0.5) is 0 Å². The maximum Gasteiger partial charge on any atom is 0.0494 e. The van der Waals surface area contributed by atoms with Crippen molar-refractivity contribution in [1.29, 1.82) is 0 Å². The highest BCUT2D eigenvalue weighted by Gasteiger charge is 2.41. The van der Waals surface area contributed by atoms with Crippen molar-refractivity contribution in [2.24, 2.45) is 11.1 Å². The number of aliphatic hydroxyl groups is 1. The molecule has 15 heavy (non-hydrogen) atoms. The summed E-state index contributed by atoms with van der Waals surface area (Å²) in [4.78, 5) is 0. The SMILES string of the molecule is NCC(c1ccn[nH]1)C1(CO)CCCC1. The molecule has 1 aliphatic rings. The van der Waals surface area contributed by atoms with E-state index in [1.165, 1.54) is 12.8 Å². The monoisotopic (exact) mass is 209 g/mol. The Labute approximate surface area is 89.9 Å². The first-order valence-corrected chi connectivity index (χ1v) is 5.62. The van der Waals surface area contributed by atoms with Crippen LogP contribution >= 0.6 is 0 Å². The molecule has 1 atom stereocenters. The predicted octanol–water partition coefficient (Wildman–Crippen LogP) is 1.00. The molecule has 1 aromatic rings. The lowest BCUT2D eigenvalue weighted by Crippen LogP contribution is -2.35. The van der Waals surface area contributed by atoms with Gasteiger partial charge in [-0.1, -0.05) is 12.8 Å².